The summed E-state index contributed by atoms with van der Waals surface area (Å²) in [6.45, 7) is 1.62. The summed E-state index contributed by atoms with van der Waals surface area (Å²) in [6, 6.07) is 6.41. The molecule has 2 atom stereocenters. The van der Waals surface area contributed by atoms with Gasteiger partial charge in [0.15, 0.2) is 0 Å². The second kappa shape index (κ2) is 7.10. The molecule has 1 aromatic carbocycles. The van der Waals surface area contributed by atoms with Crippen LogP contribution in [-0.4, -0.2) is 28.8 Å². The van der Waals surface area contributed by atoms with Gasteiger partial charge in [-0.25, -0.2) is 0 Å². The highest BCUT2D eigenvalue weighted by atomic mass is 35.5. The van der Waals surface area contributed by atoms with E-state index in [9.17, 15) is 15.0 Å². The van der Waals surface area contributed by atoms with Crippen molar-refractivity contribution in [2.45, 2.75) is 25.6 Å². The number of rotatable bonds is 5. The molecule has 0 heterocycles. The molecule has 6 heteroatoms. The van der Waals surface area contributed by atoms with Crippen LogP contribution in [0.5, 0.6) is 0 Å². The molecule has 5 nitrogen and oxygen atoms in total. The molecule has 0 bridgehead atoms. The SMILES string of the molecule is CC(=O)NCCC(O)C(O)c1cc(C#N)ccc1Cl. The Labute approximate surface area is 116 Å². The average molecular weight is 283 g/mol. The summed E-state index contributed by atoms with van der Waals surface area (Å²) in [5, 5.41) is 31.4. The van der Waals surface area contributed by atoms with Crippen LogP contribution in [0.1, 0.15) is 30.6 Å². The van der Waals surface area contributed by atoms with Gasteiger partial charge in [0.05, 0.1) is 17.7 Å². The molecule has 19 heavy (non-hydrogen) atoms. The van der Waals surface area contributed by atoms with Crippen LogP contribution in [0.25, 0.3) is 0 Å². The van der Waals surface area contributed by atoms with E-state index >= 15 is 0 Å². The van der Waals surface area contributed by atoms with Crippen LogP contribution in [0.15, 0.2) is 18.2 Å². The molecule has 0 aliphatic rings. The Morgan fingerprint density at radius 1 is 1.53 bits per heavy atom. The van der Waals surface area contributed by atoms with Gasteiger partial charge in [-0.1, -0.05) is 11.6 Å². The lowest BCUT2D eigenvalue weighted by atomic mass is 10.0. The minimum absolute atomic E-state index is 0.188. The fourth-order valence-electron chi connectivity index (χ4n) is 1.60. The number of aliphatic hydroxyl groups is 2. The number of nitrogens with one attached hydrogen (secondary N) is 1. The van der Waals surface area contributed by atoms with E-state index in [1.54, 1.807) is 0 Å². The highest BCUT2D eigenvalue weighted by molar-refractivity contribution is 6.31. The molecule has 0 aliphatic carbocycles. The lowest BCUT2D eigenvalue weighted by Gasteiger charge is -2.19. The standard InChI is InChI=1S/C13H15ClN2O3/c1-8(17)16-5-4-12(18)13(19)10-6-9(7-15)2-3-11(10)14/h2-3,6,12-13,18-19H,4-5H2,1H3,(H,16,17). The van der Waals surface area contributed by atoms with Gasteiger partial charge in [0.2, 0.25) is 5.91 Å². The van der Waals surface area contributed by atoms with Crippen LogP contribution >= 0.6 is 11.6 Å². The predicted octanol–water partition coefficient (Wildman–Crippen LogP) is 1.13. The number of benzene rings is 1. The van der Waals surface area contributed by atoms with Crippen LogP contribution < -0.4 is 5.32 Å². The van der Waals surface area contributed by atoms with Gasteiger partial charge in [0.25, 0.3) is 0 Å². The Bertz CT molecular complexity index is 499. The Hall–Kier alpha value is -1.61. The quantitative estimate of drug-likeness (QED) is 0.755. The van der Waals surface area contributed by atoms with Gasteiger partial charge in [-0.3, -0.25) is 4.79 Å². The first-order valence-electron chi connectivity index (χ1n) is 5.75. The number of carbonyl (C=O) groups is 1. The Morgan fingerprint density at radius 2 is 2.21 bits per heavy atom. The smallest absolute Gasteiger partial charge is 0.216 e. The summed E-state index contributed by atoms with van der Waals surface area (Å²) in [6.07, 6.45) is -2.08. The van der Waals surface area contributed by atoms with Crippen molar-refractivity contribution in [2.24, 2.45) is 0 Å². The third-order valence-electron chi connectivity index (χ3n) is 2.62. The molecule has 0 saturated heterocycles. The van der Waals surface area contributed by atoms with Crippen molar-refractivity contribution in [1.82, 2.24) is 5.32 Å². The average Bonchev–Trinajstić information content (AvgIpc) is 2.38. The summed E-state index contributed by atoms with van der Waals surface area (Å²) < 4.78 is 0. The fourth-order valence-corrected chi connectivity index (χ4v) is 1.83. The topological polar surface area (TPSA) is 93.3 Å². The molecule has 0 fully saturated rings. The summed E-state index contributed by atoms with van der Waals surface area (Å²) in [5.41, 5.74) is 0.656. The number of carbonyl (C=O) groups excluding carboxylic acids is 1. The van der Waals surface area contributed by atoms with E-state index < -0.39 is 12.2 Å². The van der Waals surface area contributed by atoms with Crippen LogP contribution in [0.3, 0.4) is 0 Å². The monoisotopic (exact) mass is 282 g/mol. The van der Waals surface area contributed by atoms with E-state index in [2.05, 4.69) is 5.32 Å². The molecule has 0 aromatic heterocycles. The van der Waals surface area contributed by atoms with Crippen LogP contribution in [0, 0.1) is 11.3 Å². The third-order valence-corrected chi connectivity index (χ3v) is 2.97. The van der Waals surface area contributed by atoms with E-state index in [0.29, 0.717) is 11.1 Å². The lowest BCUT2D eigenvalue weighted by molar-refractivity contribution is -0.119. The largest absolute Gasteiger partial charge is 0.390 e. The summed E-state index contributed by atoms with van der Waals surface area (Å²) in [7, 11) is 0. The first-order valence-corrected chi connectivity index (χ1v) is 6.13. The molecule has 3 N–H and O–H groups in total. The number of nitriles is 1. The number of halogens is 1. The minimum Gasteiger partial charge on any atom is -0.390 e. The minimum atomic E-state index is -1.20. The van der Waals surface area contributed by atoms with E-state index in [-0.39, 0.29) is 23.9 Å². The molecule has 0 spiro atoms. The highest BCUT2D eigenvalue weighted by Gasteiger charge is 2.21. The van der Waals surface area contributed by atoms with Crippen molar-refractivity contribution in [3.8, 4) is 6.07 Å². The predicted molar refractivity (Wildman–Crippen MR) is 70.4 cm³/mol. The van der Waals surface area contributed by atoms with E-state index in [4.69, 9.17) is 16.9 Å². The zero-order valence-electron chi connectivity index (χ0n) is 10.4. The Kier molecular flexibility index (Phi) is 5.77. The number of amides is 1. The zero-order chi connectivity index (χ0) is 14.4. The number of aliphatic hydroxyl groups excluding tert-OH is 2. The third kappa shape index (κ3) is 4.52. The molecule has 1 aromatic rings. The van der Waals surface area contributed by atoms with Crippen molar-refractivity contribution in [3.63, 3.8) is 0 Å². The van der Waals surface area contributed by atoms with Gasteiger partial charge in [0, 0.05) is 24.1 Å². The first-order chi connectivity index (χ1) is 8.95. The van der Waals surface area contributed by atoms with E-state index in [1.165, 1.54) is 25.1 Å². The van der Waals surface area contributed by atoms with Crippen LogP contribution in [0.2, 0.25) is 5.02 Å². The first kappa shape index (κ1) is 15.4. The van der Waals surface area contributed by atoms with E-state index in [1.807, 2.05) is 6.07 Å². The van der Waals surface area contributed by atoms with Gasteiger partial charge < -0.3 is 15.5 Å². The van der Waals surface area contributed by atoms with Gasteiger partial charge >= 0.3 is 0 Å². The van der Waals surface area contributed by atoms with Crippen molar-refractivity contribution in [3.05, 3.63) is 34.3 Å². The van der Waals surface area contributed by atoms with Crippen LogP contribution in [0.4, 0.5) is 0 Å². The van der Waals surface area contributed by atoms with E-state index in [0.717, 1.165) is 0 Å². The second-order valence-corrected chi connectivity index (χ2v) is 4.54. The molecule has 0 aliphatic heterocycles. The van der Waals surface area contributed by atoms with Gasteiger partial charge in [-0.2, -0.15) is 5.26 Å². The van der Waals surface area contributed by atoms with Crippen molar-refractivity contribution in [2.75, 3.05) is 6.54 Å². The number of nitrogens with zero attached hydrogens (tertiary/aromatic N) is 1. The fraction of sp³-hybridized carbons (Fsp3) is 0.385. The van der Waals surface area contributed by atoms with Crippen molar-refractivity contribution in [1.29, 1.82) is 5.26 Å². The number of hydrogen-bond acceptors (Lipinski definition) is 4. The second-order valence-electron chi connectivity index (χ2n) is 4.13. The van der Waals surface area contributed by atoms with Gasteiger partial charge in [0.1, 0.15) is 6.10 Å². The normalized spacial score (nSPS) is 13.4. The van der Waals surface area contributed by atoms with Crippen molar-refractivity contribution < 1.29 is 15.0 Å². The highest BCUT2D eigenvalue weighted by Crippen LogP contribution is 2.27. The Balaban J connectivity index is 2.73. The van der Waals surface area contributed by atoms with Gasteiger partial charge in [-0.05, 0) is 24.6 Å². The molecule has 0 saturated carbocycles. The summed E-state index contributed by atoms with van der Waals surface area (Å²) in [5.74, 6) is -0.203. The molecule has 102 valence electrons. The van der Waals surface area contributed by atoms with Crippen LogP contribution in [-0.2, 0) is 4.79 Å². The summed E-state index contributed by atoms with van der Waals surface area (Å²) in [4.78, 5) is 10.7. The number of hydrogen-bond donors (Lipinski definition) is 3. The zero-order valence-corrected chi connectivity index (χ0v) is 11.2. The molecule has 1 rings (SSSR count). The molecular formula is C13H15ClN2O3. The molecular weight excluding hydrogens is 268 g/mol. The summed E-state index contributed by atoms with van der Waals surface area (Å²) >= 11 is 5.93. The molecule has 2 unspecified atom stereocenters. The molecule has 1 amide bonds. The Morgan fingerprint density at radius 3 is 2.79 bits per heavy atom. The van der Waals surface area contributed by atoms with Gasteiger partial charge in [-0.15, -0.1) is 0 Å². The lowest BCUT2D eigenvalue weighted by Crippen LogP contribution is -2.27. The maximum absolute atomic E-state index is 10.7. The maximum Gasteiger partial charge on any atom is 0.216 e. The van der Waals surface area contributed by atoms with Crippen molar-refractivity contribution >= 4 is 17.5 Å². The molecule has 0 radical (unpaired) electrons. The maximum atomic E-state index is 10.7.